The third kappa shape index (κ3) is 6.26. The highest BCUT2D eigenvalue weighted by Crippen LogP contribution is 2.32. The van der Waals surface area contributed by atoms with Gasteiger partial charge in [0.05, 0.1) is 22.2 Å². The molecular weight excluding hydrogens is 472 g/mol. The standard InChI is InChI=1S/C21H24N4O4S2.ClH/c1-4-23(5-2)12-13-24(19(26)10-7-16-8-11-20(30-16)25(27)28)21-22-17-9-6-15(29-3)14-18(17)31-21;/h6-11,14H,4-5,12-13H2,1-3H3;1H. The second-order valence-corrected chi connectivity index (χ2v) is 8.72. The molecule has 2 aromatic heterocycles. The number of amides is 1. The molecule has 0 bridgehead atoms. The van der Waals surface area contributed by atoms with E-state index in [-0.39, 0.29) is 23.3 Å². The second-order valence-electron chi connectivity index (χ2n) is 6.61. The number of ether oxygens (including phenoxy) is 1. The first-order chi connectivity index (χ1) is 14.9. The summed E-state index contributed by atoms with van der Waals surface area (Å²) in [7, 11) is 1.61. The number of carbonyl (C=O) groups is 1. The van der Waals surface area contributed by atoms with E-state index in [0.717, 1.165) is 46.9 Å². The number of benzene rings is 1. The summed E-state index contributed by atoms with van der Waals surface area (Å²) in [5, 5.41) is 11.5. The summed E-state index contributed by atoms with van der Waals surface area (Å²) in [4.78, 5) is 32.7. The predicted molar refractivity (Wildman–Crippen MR) is 134 cm³/mol. The van der Waals surface area contributed by atoms with Crippen LogP contribution in [0.4, 0.5) is 10.1 Å². The molecule has 8 nitrogen and oxygen atoms in total. The predicted octanol–water partition coefficient (Wildman–Crippen LogP) is 5.08. The van der Waals surface area contributed by atoms with Crippen molar-refractivity contribution in [3.63, 3.8) is 0 Å². The van der Waals surface area contributed by atoms with Crippen LogP contribution < -0.4 is 9.64 Å². The third-order valence-electron chi connectivity index (χ3n) is 4.80. The van der Waals surface area contributed by atoms with Gasteiger partial charge in [0.1, 0.15) is 5.75 Å². The molecule has 0 radical (unpaired) electrons. The number of aromatic nitrogens is 1. The van der Waals surface area contributed by atoms with Crippen LogP contribution in [0.5, 0.6) is 5.75 Å². The Morgan fingerprint density at radius 1 is 1.19 bits per heavy atom. The van der Waals surface area contributed by atoms with Crippen molar-refractivity contribution < 1.29 is 14.5 Å². The Hall–Kier alpha value is -2.53. The third-order valence-corrected chi connectivity index (χ3v) is 6.84. The molecule has 0 aliphatic carbocycles. The zero-order valence-corrected chi connectivity index (χ0v) is 20.5. The number of hydrogen-bond acceptors (Lipinski definition) is 8. The summed E-state index contributed by atoms with van der Waals surface area (Å²) in [5.41, 5.74) is 0.805. The van der Waals surface area contributed by atoms with Crippen LogP contribution in [-0.4, -0.2) is 54.0 Å². The molecule has 0 aliphatic heterocycles. The van der Waals surface area contributed by atoms with Crippen LogP contribution in [-0.2, 0) is 4.79 Å². The highest BCUT2D eigenvalue weighted by Gasteiger charge is 2.19. The highest BCUT2D eigenvalue weighted by atomic mass is 35.5. The van der Waals surface area contributed by atoms with Gasteiger partial charge in [-0.05, 0) is 43.4 Å². The monoisotopic (exact) mass is 496 g/mol. The van der Waals surface area contributed by atoms with E-state index >= 15 is 0 Å². The summed E-state index contributed by atoms with van der Waals surface area (Å²) in [6.07, 6.45) is 3.06. The van der Waals surface area contributed by atoms with Gasteiger partial charge in [-0.15, -0.1) is 12.4 Å². The molecule has 32 heavy (non-hydrogen) atoms. The average molecular weight is 497 g/mol. The summed E-state index contributed by atoms with van der Waals surface area (Å²) in [5.74, 6) is 0.525. The van der Waals surface area contributed by atoms with E-state index in [1.54, 1.807) is 24.2 Å². The Bertz CT molecular complexity index is 1090. The van der Waals surface area contributed by atoms with Crippen LogP contribution in [0.2, 0.25) is 0 Å². The Balaban J connectivity index is 0.00000363. The molecule has 0 aliphatic rings. The molecule has 0 saturated carbocycles. The molecular formula is C21H25ClN4O4S2. The summed E-state index contributed by atoms with van der Waals surface area (Å²) < 4.78 is 6.23. The van der Waals surface area contributed by atoms with Crippen molar-refractivity contribution in [2.45, 2.75) is 13.8 Å². The molecule has 0 spiro atoms. The molecule has 1 aromatic carbocycles. The van der Waals surface area contributed by atoms with Crippen molar-refractivity contribution in [2.24, 2.45) is 0 Å². The fourth-order valence-electron chi connectivity index (χ4n) is 2.99. The lowest BCUT2D eigenvalue weighted by atomic mass is 10.3. The number of anilines is 1. The van der Waals surface area contributed by atoms with E-state index in [9.17, 15) is 14.9 Å². The van der Waals surface area contributed by atoms with E-state index in [0.29, 0.717) is 16.6 Å². The van der Waals surface area contributed by atoms with Crippen molar-refractivity contribution in [1.82, 2.24) is 9.88 Å². The van der Waals surface area contributed by atoms with Gasteiger partial charge in [0.25, 0.3) is 5.91 Å². The number of methoxy groups -OCH3 is 1. The summed E-state index contributed by atoms with van der Waals surface area (Å²) >= 11 is 2.47. The Morgan fingerprint density at radius 3 is 2.56 bits per heavy atom. The minimum atomic E-state index is -0.435. The Morgan fingerprint density at radius 2 is 1.94 bits per heavy atom. The van der Waals surface area contributed by atoms with Gasteiger partial charge in [-0.1, -0.05) is 36.5 Å². The van der Waals surface area contributed by atoms with E-state index < -0.39 is 4.92 Å². The summed E-state index contributed by atoms with van der Waals surface area (Å²) in [6.45, 7) is 7.17. The maximum absolute atomic E-state index is 13.1. The smallest absolute Gasteiger partial charge is 0.324 e. The lowest BCUT2D eigenvalue weighted by Crippen LogP contribution is -2.38. The topological polar surface area (TPSA) is 88.8 Å². The van der Waals surface area contributed by atoms with Crippen LogP contribution in [0.1, 0.15) is 18.7 Å². The summed E-state index contributed by atoms with van der Waals surface area (Å²) in [6, 6.07) is 8.70. The lowest BCUT2D eigenvalue weighted by Gasteiger charge is -2.23. The molecule has 1 amide bonds. The number of carbonyl (C=O) groups excluding carboxylic acids is 1. The molecule has 0 atom stereocenters. The van der Waals surface area contributed by atoms with E-state index in [4.69, 9.17) is 4.74 Å². The number of rotatable bonds is 10. The minimum Gasteiger partial charge on any atom is -0.497 e. The molecule has 2 heterocycles. The van der Waals surface area contributed by atoms with Crippen LogP contribution >= 0.6 is 35.1 Å². The molecule has 0 unspecified atom stereocenters. The van der Waals surface area contributed by atoms with Crippen LogP contribution in [0.15, 0.2) is 36.4 Å². The van der Waals surface area contributed by atoms with Gasteiger partial charge < -0.3 is 9.64 Å². The normalized spacial score (nSPS) is 11.1. The Labute approximate surface area is 200 Å². The van der Waals surface area contributed by atoms with Gasteiger partial charge in [-0.3, -0.25) is 19.8 Å². The Kier molecular flexibility index (Phi) is 9.58. The zero-order valence-electron chi connectivity index (χ0n) is 18.0. The van der Waals surface area contributed by atoms with Gasteiger partial charge >= 0.3 is 5.00 Å². The fraction of sp³-hybridized carbons (Fsp3) is 0.333. The number of nitro groups is 1. The number of thiophene rings is 1. The first kappa shape index (κ1) is 25.7. The van der Waals surface area contributed by atoms with E-state index in [1.165, 1.54) is 23.5 Å². The highest BCUT2D eigenvalue weighted by molar-refractivity contribution is 7.22. The molecule has 3 rings (SSSR count). The number of thiazole rings is 1. The number of nitrogens with zero attached hydrogens (tertiary/aromatic N) is 4. The molecule has 0 N–H and O–H groups in total. The SMILES string of the molecule is CCN(CC)CCN(C(=O)C=Cc1ccc([N+](=O)[O-])s1)c1nc2ccc(OC)cc2s1.Cl. The maximum Gasteiger partial charge on any atom is 0.324 e. The van der Waals surface area contributed by atoms with Gasteiger partial charge in [0, 0.05) is 30.1 Å². The number of fused-ring (bicyclic) bond motifs is 1. The van der Waals surface area contributed by atoms with E-state index in [2.05, 4.69) is 23.7 Å². The first-order valence-electron chi connectivity index (χ1n) is 9.85. The average Bonchev–Trinajstić information content (AvgIpc) is 3.41. The zero-order chi connectivity index (χ0) is 22.4. The number of hydrogen-bond donors (Lipinski definition) is 0. The number of likely N-dealkylation sites (N-methyl/N-ethyl adjacent to an activating group) is 1. The molecule has 0 fully saturated rings. The van der Waals surface area contributed by atoms with E-state index in [1.807, 2.05) is 18.2 Å². The van der Waals surface area contributed by atoms with Gasteiger partial charge in [-0.25, -0.2) is 4.98 Å². The lowest BCUT2D eigenvalue weighted by molar-refractivity contribution is -0.380. The van der Waals surface area contributed by atoms with Gasteiger partial charge in [-0.2, -0.15) is 0 Å². The molecule has 172 valence electrons. The maximum atomic E-state index is 13.1. The first-order valence-corrected chi connectivity index (χ1v) is 11.5. The van der Waals surface area contributed by atoms with Crippen LogP contribution in [0, 0.1) is 10.1 Å². The van der Waals surface area contributed by atoms with Gasteiger partial charge in [0.2, 0.25) is 0 Å². The van der Waals surface area contributed by atoms with Crippen molar-refractivity contribution in [3.05, 3.63) is 51.4 Å². The molecule has 11 heteroatoms. The van der Waals surface area contributed by atoms with Crippen molar-refractivity contribution in [2.75, 3.05) is 38.2 Å². The minimum absolute atomic E-state index is 0. The quantitative estimate of drug-likeness (QED) is 0.221. The second kappa shape index (κ2) is 11.9. The number of halogens is 1. The molecule has 3 aromatic rings. The van der Waals surface area contributed by atoms with Crippen LogP contribution in [0.25, 0.3) is 16.3 Å². The largest absolute Gasteiger partial charge is 0.497 e. The fourth-order valence-corrected chi connectivity index (χ4v) is 4.74. The van der Waals surface area contributed by atoms with Crippen molar-refractivity contribution in [1.29, 1.82) is 0 Å². The van der Waals surface area contributed by atoms with Crippen molar-refractivity contribution >= 4 is 67.4 Å². The molecule has 0 saturated heterocycles. The van der Waals surface area contributed by atoms with Crippen molar-refractivity contribution in [3.8, 4) is 5.75 Å². The van der Waals surface area contributed by atoms with Gasteiger partial charge in [0.15, 0.2) is 5.13 Å². The van der Waals surface area contributed by atoms with Crippen LogP contribution in [0.3, 0.4) is 0 Å².